The Labute approximate surface area is 146 Å². The Morgan fingerprint density at radius 2 is 2.00 bits per heavy atom. The number of hydrogen-bond acceptors (Lipinski definition) is 3. The molecular weight excluding hydrogens is 300 g/mol. The highest BCUT2D eigenvalue weighted by atomic mass is 16.6. The van der Waals surface area contributed by atoms with Crippen LogP contribution in [-0.4, -0.2) is 35.7 Å². The first-order valence-electron chi connectivity index (χ1n) is 9.00. The quantitative estimate of drug-likeness (QED) is 0.905. The molecule has 2 rings (SSSR count). The second-order valence-electron chi connectivity index (χ2n) is 7.92. The monoisotopic (exact) mass is 332 g/mol. The second-order valence-corrected chi connectivity index (χ2v) is 7.92. The third kappa shape index (κ3) is 4.50. The molecule has 134 valence electrons. The molecule has 2 unspecified atom stereocenters. The fourth-order valence-corrected chi connectivity index (χ4v) is 3.43. The van der Waals surface area contributed by atoms with Crippen LogP contribution in [0.5, 0.6) is 0 Å². The summed E-state index contributed by atoms with van der Waals surface area (Å²) in [5.74, 6) is 0.150. The molecule has 1 aromatic carbocycles. The van der Waals surface area contributed by atoms with E-state index < -0.39 is 5.60 Å². The second kappa shape index (κ2) is 7.56. The van der Waals surface area contributed by atoms with Crippen LogP contribution in [0.1, 0.15) is 62.6 Å². The maximum absolute atomic E-state index is 12.7. The van der Waals surface area contributed by atoms with E-state index in [1.54, 1.807) is 0 Å². The molecule has 0 aliphatic carbocycles. The van der Waals surface area contributed by atoms with Crippen molar-refractivity contribution in [2.75, 3.05) is 13.1 Å². The summed E-state index contributed by atoms with van der Waals surface area (Å²) in [6.45, 7) is 11.3. The number of benzene rings is 1. The molecule has 2 N–H and O–H groups in total. The van der Waals surface area contributed by atoms with Crippen molar-refractivity contribution in [3.63, 3.8) is 0 Å². The lowest BCUT2D eigenvalue weighted by atomic mass is 9.84. The molecule has 0 aromatic heterocycles. The SMILES string of the molecule is Cc1ccc(C(CN)C2CCCCN2C(=O)OC(C)(C)C)cc1C. The number of aryl methyl sites for hydroxylation is 2. The summed E-state index contributed by atoms with van der Waals surface area (Å²) in [5.41, 5.74) is 9.43. The minimum Gasteiger partial charge on any atom is -0.444 e. The first-order chi connectivity index (χ1) is 11.2. The van der Waals surface area contributed by atoms with E-state index in [0.717, 1.165) is 25.8 Å². The Balaban J connectivity index is 2.26. The molecule has 1 fully saturated rings. The van der Waals surface area contributed by atoms with Gasteiger partial charge in [-0.1, -0.05) is 18.2 Å². The number of nitrogens with two attached hydrogens (primary N) is 1. The molecule has 1 saturated heterocycles. The standard InChI is InChI=1S/C20H32N2O2/c1-14-9-10-16(12-15(14)2)17(13-21)18-8-6-7-11-22(18)19(23)24-20(3,4)5/h9-10,12,17-18H,6-8,11,13,21H2,1-5H3. The number of ether oxygens (including phenoxy) is 1. The van der Waals surface area contributed by atoms with Gasteiger partial charge in [0.1, 0.15) is 5.60 Å². The van der Waals surface area contributed by atoms with Crippen molar-refractivity contribution in [2.45, 2.75) is 71.4 Å². The Kier molecular flexibility index (Phi) is 5.92. The van der Waals surface area contributed by atoms with Gasteiger partial charge in [0.25, 0.3) is 0 Å². The summed E-state index contributed by atoms with van der Waals surface area (Å²) in [6, 6.07) is 6.63. The van der Waals surface area contributed by atoms with Crippen molar-refractivity contribution in [2.24, 2.45) is 5.73 Å². The minimum atomic E-state index is -0.474. The smallest absolute Gasteiger partial charge is 0.410 e. The predicted molar refractivity (Wildman–Crippen MR) is 98.3 cm³/mol. The third-order valence-electron chi connectivity index (χ3n) is 4.85. The number of carbonyl (C=O) groups is 1. The van der Waals surface area contributed by atoms with Crippen molar-refractivity contribution >= 4 is 6.09 Å². The van der Waals surface area contributed by atoms with Crippen LogP contribution in [-0.2, 0) is 4.74 Å². The molecule has 1 aliphatic rings. The van der Waals surface area contributed by atoms with E-state index in [4.69, 9.17) is 10.5 Å². The molecule has 0 radical (unpaired) electrons. The number of likely N-dealkylation sites (tertiary alicyclic amines) is 1. The lowest BCUT2D eigenvalue weighted by Crippen LogP contribution is -2.50. The summed E-state index contributed by atoms with van der Waals surface area (Å²) in [5, 5.41) is 0. The zero-order chi connectivity index (χ0) is 17.9. The average Bonchev–Trinajstić information content (AvgIpc) is 2.50. The minimum absolute atomic E-state index is 0.112. The number of hydrogen-bond donors (Lipinski definition) is 1. The van der Waals surface area contributed by atoms with E-state index in [0.29, 0.717) is 6.54 Å². The molecule has 1 heterocycles. The lowest BCUT2D eigenvalue weighted by molar-refractivity contribution is 0.00664. The highest BCUT2D eigenvalue weighted by molar-refractivity contribution is 5.69. The Hall–Kier alpha value is -1.55. The number of piperidine rings is 1. The van der Waals surface area contributed by atoms with Gasteiger partial charge in [0, 0.05) is 25.0 Å². The van der Waals surface area contributed by atoms with Gasteiger partial charge in [0.2, 0.25) is 0 Å². The van der Waals surface area contributed by atoms with Crippen LogP contribution in [0.3, 0.4) is 0 Å². The molecule has 0 bridgehead atoms. The highest BCUT2D eigenvalue weighted by Crippen LogP contribution is 2.32. The van der Waals surface area contributed by atoms with Crippen LogP contribution < -0.4 is 5.73 Å². The average molecular weight is 332 g/mol. The molecule has 0 saturated carbocycles. The Bertz CT molecular complexity index is 577. The number of amides is 1. The van der Waals surface area contributed by atoms with Gasteiger partial charge in [-0.3, -0.25) is 0 Å². The van der Waals surface area contributed by atoms with Gasteiger partial charge in [-0.15, -0.1) is 0 Å². The summed E-state index contributed by atoms with van der Waals surface area (Å²) >= 11 is 0. The van der Waals surface area contributed by atoms with Gasteiger partial charge in [-0.25, -0.2) is 4.79 Å². The van der Waals surface area contributed by atoms with Crippen LogP contribution >= 0.6 is 0 Å². The molecule has 24 heavy (non-hydrogen) atoms. The van der Waals surface area contributed by atoms with Crippen molar-refractivity contribution in [1.82, 2.24) is 4.90 Å². The molecule has 4 nitrogen and oxygen atoms in total. The molecule has 1 amide bonds. The van der Waals surface area contributed by atoms with Gasteiger partial charge in [-0.05, 0) is 70.6 Å². The highest BCUT2D eigenvalue weighted by Gasteiger charge is 2.35. The number of rotatable bonds is 3. The lowest BCUT2D eigenvalue weighted by Gasteiger charge is -2.40. The first-order valence-corrected chi connectivity index (χ1v) is 9.00. The maximum atomic E-state index is 12.7. The molecule has 4 heteroatoms. The van der Waals surface area contributed by atoms with Crippen molar-refractivity contribution in [1.29, 1.82) is 0 Å². The Morgan fingerprint density at radius 1 is 1.29 bits per heavy atom. The first kappa shape index (κ1) is 18.8. The van der Waals surface area contributed by atoms with E-state index in [9.17, 15) is 4.79 Å². The molecular formula is C20H32N2O2. The van der Waals surface area contributed by atoms with E-state index in [1.807, 2.05) is 25.7 Å². The topological polar surface area (TPSA) is 55.6 Å². The predicted octanol–water partition coefficient (Wildman–Crippen LogP) is 4.14. The summed E-state index contributed by atoms with van der Waals surface area (Å²) in [6.07, 6.45) is 2.92. The fourth-order valence-electron chi connectivity index (χ4n) is 3.43. The van der Waals surface area contributed by atoms with Crippen LogP contribution in [0.2, 0.25) is 0 Å². The van der Waals surface area contributed by atoms with Gasteiger partial charge in [0.15, 0.2) is 0 Å². The van der Waals surface area contributed by atoms with Crippen LogP contribution in [0.25, 0.3) is 0 Å². The van der Waals surface area contributed by atoms with Gasteiger partial charge in [-0.2, -0.15) is 0 Å². The van der Waals surface area contributed by atoms with Gasteiger partial charge >= 0.3 is 6.09 Å². The summed E-state index contributed by atoms with van der Waals surface area (Å²) in [4.78, 5) is 14.6. The number of nitrogens with zero attached hydrogens (tertiary/aromatic N) is 1. The van der Waals surface area contributed by atoms with Gasteiger partial charge in [0.05, 0.1) is 0 Å². The summed E-state index contributed by atoms with van der Waals surface area (Å²) < 4.78 is 5.63. The van der Waals surface area contributed by atoms with Crippen molar-refractivity contribution < 1.29 is 9.53 Å². The Morgan fingerprint density at radius 3 is 2.58 bits per heavy atom. The van der Waals surface area contributed by atoms with Crippen molar-refractivity contribution in [3.8, 4) is 0 Å². The molecule has 1 aromatic rings. The van der Waals surface area contributed by atoms with E-state index in [1.165, 1.54) is 16.7 Å². The van der Waals surface area contributed by atoms with Crippen LogP contribution in [0.4, 0.5) is 4.79 Å². The zero-order valence-electron chi connectivity index (χ0n) is 15.8. The summed E-state index contributed by atoms with van der Waals surface area (Å²) in [7, 11) is 0. The van der Waals surface area contributed by atoms with Gasteiger partial charge < -0.3 is 15.4 Å². The van der Waals surface area contributed by atoms with E-state index in [-0.39, 0.29) is 18.1 Å². The van der Waals surface area contributed by atoms with Crippen LogP contribution in [0.15, 0.2) is 18.2 Å². The largest absolute Gasteiger partial charge is 0.444 e. The molecule has 1 aliphatic heterocycles. The molecule has 2 atom stereocenters. The third-order valence-corrected chi connectivity index (χ3v) is 4.85. The zero-order valence-corrected chi connectivity index (χ0v) is 15.8. The van der Waals surface area contributed by atoms with Crippen molar-refractivity contribution in [3.05, 3.63) is 34.9 Å². The fraction of sp³-hybridized carbons (Fsp3) is 0.650. The van der Waals surface area contributed by atoms with Crippen LogP contribution in [0, 0.1) is 13.8 Å². The normalized spacial score (nSPS) is 19.9. The maximum Gasteiger partial charge on any atom is 0.410 e. The molecule has 0 spiro atoms. The number of carbonyl (C=O) groups excluding carboxylic acids is 1. The van der Waals surface area contributed by atoms with E-state index in [2.05, 4.69) is 32.0 Å². The van der Waals surface area contributed by atoms with E-state index >= 15 is 0 Å².